The zero-order chi connectivity index (χ0) is 80.9. The van der Waals surface area contributed by atoms with E-state index in [0.717, 1.165) is 179 Å². The van der Waals surface area contributed by atoms with Gasteiger partial charge in [0, 0.05) is 157 Å². The van der Waals surface area contributed by atoms with E-state index in [4.69, 9.17) is 10.2 Å². The summed E-state index contributed by atoms with van der Waals surface area (Å²) in [5.41, 5.74) is 21.9. The third-order valence-electron chi connectivity index (χ3n) is 21.7. The molecule has 3 aliphatic heterocycles. The van der Waals surface area contributed by atoms with Crippen LogP contribution in [0.15, 0.2) is 153 Å². The quantitative estimate of drug-likeness (QED) is 0.0763. The van der Waals surface area contributed by atoms with Gasteiger partial charge in [-0.2, -0.15) is 15.3 Å². The molecule has 116 heavy (non-hydrogen) atoms. The van der Waals surface area contributed by atoms with E-state index < -0.39 is 0 Å². The fraction of sp³-hybridized carbons (Fsp3) is 0.348. The standard InChI is InChI=1S/C32H35N7O.C32H37N7O.C28H29N7O/c1-22-16-28(8-6-26(22)21-38-14-12-37(3)13-15-38)35-32(40)27-18-25(23(2)33-19-27)7-10-30-20-34-31-11-9-29(36-39(30)31)17-24-4-5-24;1-22(2)16-29-9-11-31-34-20-30(39(31)36-29)10-7-25-18-27(19-33-24(25)4)32(40)35-28-8-6-26(23(3)17-28)21-38-14-12-37(5)13-15-38;1-20-15-25(8-6-23(20)19-34-13-11-33(3)12-14-34)32-28(36)24-16-22(21(2)29-17-24)7-9-26-18-30-27-5-4-10-31-35(26)27/h6,8-9,11,16,18-20,24H,4-5,12-15,17,21H2,1-3H3,(H,35,40);6,8-9,11,17-20,22H,12-16,21H2,1-5H3,(H,35,40);4-6,8,10,15-18H,11-14,19H2,1-3H3,(H,32,36). The van der Waals surface area contributed by atoms with Gasteiger partial charge in [0.2, 0.25) is 0 Å². The molecule has 592 valence electrons. The second-order valence-corrected chi connectivity index (χ2v) is 31.5. The smallest absolute Gasteiger partial charge is 0.257 e. The summed E-state index contributed by atoms with van der Waals surface area (Å²) in [6.45, 7) is 32.1. The second-order valence-electron chi connectivity index (χ2n) is 31.5. The molecule has 3 N–H and O–H groups in total. The van der Waals surface area contributed by atoms with Crippen LogP contribution in [0.25, 0.3) is 16.9 Å². The summed E-state index contributed by atoms with van der Waals surface area (Å²) in [6, 6.07) is 35.5. The topological polar surface area (TPSA) is 236 Å². The third-order valence-corrected chi connectivity index (χ3v) is 21.7. The highest BCUT2D eigenvalue weighted by molar-refractivity contribution is 6.06. The molecule has 3 amide bonds. The Hall–Kier alpha value is -12.2. The summed E-state index contributed by atoms with van der Waals surface area (Å²) < 4.78 is 5.27. The molecule has 0 radical (unpaired) electrons. The Morgan fingerprint density at radius 1 is 0.405 bits per heavy atom. The normalized spacial score (nSPS) is 15.0. The Kier molecular flexibility index (Phi) is 25.6. The van der Waals surface area contributed by atoms with Gasteiger partial charge in [0.1, 0.15) is 17.1 Å². The van der Waals surface area contributed by atoms with Crippen LogP contribution in [0.2, 0.25) is 0 Å². The number of anilines is 3. The number of hydrogen-bond acceptors (Lipinski definition) is 18. The van der Waals surface area contributed by atoms with Crippen LogP contribution in [0.4, 0.5) is 17.1 Å². The Labute approximate surface area is 679 Å². The number of amides is 3. The molecule has 12 aromatic rings. The van der Waals surface area contributed by atoms with Crippen molar-refractivity contribution in [2.75, 3.05) is 116 Å². The Morgan fingerprint density at radius 2 is 0.759 bits per heavy atom. The summed E-state index contributed by atoms with van der Waals surface area (Å²) in [4.78, 5) is 80.2. The number of likely N-dealkylation sites (N-methyl/N-ethyl adjacent to an activating group) is 3. The summed E-state index contributed by atoms with van der Waals surface area (Å²) >= 11 is 0. The third kappa shape index (κ3) is 21.0. The molecular weight excluding hydrogens is 1450 g/mol. The number of nitrogens with zero attached hydrogens (tertiary/aromatic N) is 18. The lowest BCUT2D eigenvalue weighted by atomic mass is 10.1. The van der Waals surface area contributed by atoms with Crippen molar-refractivity contribution in [3.05, 3.63) is 265 Å². The lowest BCUT2D eigenvalue weighted by Crippen LogP contribution is -2.43. The highest BCUT2D eigenvalue weighted by atomic mass is 16.2. The van der Waals surface area contributed by atoms with Gasteiger partial charge in [-0.3, -0.25) is 44.0 Å². The van der Waals surface area contributed by atoms with E-state index in [1.54, 1.807) is 75.1 Å². The molecule has 24 heteroatoms. The predicted octanol–water partition coefficient (Wildman–Crippen LogP) is 11.6. The molecule has 12 heterocycles. The van der Waals surface area contributed by atoms with Crippen molar-refractivity contribution in [1.82, 2.24) is 88.1 Å². The first-order chi connectivity index (χ1) is 56.1. The molecule has 0 unspecified atom stereocenters. The van der Waals surface area contributed by atoms with Crippen LogP contribution >= 0.6 is 0 Å². The highest BCUT2D eigenvalue weighted by Gasteiger charge is 2.24. The van der Waals surface area contributed by atoms with Gasteiger partial charge >= 0.3 is 0 Å². The van der Waals surface area contributed by atoms with E-state index in [-0.39, 0.29) is 17.7 Å². The fourth-order valence-electron chi connectivity index (χ4n) is 14.1. The van der Waals surface area contributed by atoms with Crippen LogP contribution in [-0.4, -0.2) is 206 Å². The molecule has 1 aliphatic carbocycles. The number of carbonyl (C=O) groups excluding carboxylic acids is 3. The van der Waals surface area contributed by atoms with Gasteiger partial charge in [-0.15, -0.1) is 0 Å². The molecule has 0 bridgehead atoms. The highest BCUT2D eigenvalue weighted by Crippen LogP contribution is 2.32. The Morgan fingerprint density at radius 3 is 1.12 bits per heavy atom. The number of fused-ring (bicyclic) bond motifs is 3. The minimum absolute atomic E-state index is 0.206. The zero-order valence-electron chi connectivity index (χ0n) is 68.3. The van der Waals surface area contributed by atoms with E-state index in [0.29, 0.717) is 56.4 Å². The number of piperazine rings is 3. The first-order valence-electron chi connectivity index (χ1n) is 40.0. The predicted molar refractivity (Wildman–Crippen MR) is 455 cm³/mol. The van der Waals surface area contributed by atoms with Gasteiger partial charge in [-0.25, -0.2) is 28.5 Å². The van der Waals surface area contributed by atoms with Gasteiger partial charge < -0.3 is 30.7 Å². The Bertz CT molecular complexity index is 5560. The van der Waals surface area contributed by atoms with Gasteiger partial charge in [0.05, 0.1) is 63.8 Å². The molecule has 4 fully saturated rings. The van der Waals surface area contributed by atoms with Crippen molar-refractivity contribution in [3.8, 4) is 35.5 Å². The van der Waals surface area contributed by atoms with Crippen molar-refractivity contribution in [2.24, 2.45) is 11.8 Å². The number of hydrogen-bond donors (Lipinski definition) is 3. The van der Waals surface area contributed by atoms with Crippen LogP contribution in [0.1, 0.15) is 153 Å². The van der Waals surface area contributed by atoms with Crippen molar-refractivity contribution in [1.29, 1.82) is 0 Å². The van der Waals surface area contributed by atoms with E-state index >= 15 is 0 Å². The molecule has 0 atom stereocenters. The summed E-state index contributed by atoms with van der Waals surface area (Å²) in [7, 11) is 6.50. The molecule has 16 rings (SSSR count). The summed E-state index contributed by atoms with van der Waals surface area (Å²) in [6.07, 6.45) is 16.1. The van der Waals surface area contributed by atoms with Gasteiger partial charge in [-0.05, 0) is 242 Å². The maximum atomic E-state index is 13.1. The number of nitrogens with one attached hydrogen (secondary N) is 3. The number of rotatable bonds is 16. The Balaban J connectivity index is 0.000000144. The monoisotopic (exact) mass is 1550 g/mol. The van der Waals surface area contributed by atoms with Crippen LogP contribution in [0.5, 0.6) is 0 Å². The molecular formula is C92H101N21O3. The molecule has 1 saturated carbocycles. The maximum absolute atomic E-state index is 13.1. The lowest BCUT2D eigenvalue weighted by molar-refractivity contribution is 0.101. The van der Waals surface area contributed by atoms with Crippen molar-refractivity contribution >= 4 is 51.7 Å². The van der Waals surface area contributed by atoms with E-state index in [2.05, 4.69) is 196 Å². The zero-order valence-corrected chi connectivity index (χ0v) is 68.3. The van der Waals surface area contributed by atoms with E-state index in [1.165, 1.54) is 46.2 Å². The first-order valence-corrected chi connectivity index (χ1v) is 40.0. The van der Waals surface area contributed by atoms with Gasteiger partial charge in [-0.1, -0.05) is 49.8 Å². The first kappa shape index (κ1) is 80.4. The average Bonchev–Trinajstić information content (AvgIpc) is 1.68. The minimum atomic E-state index is -0.215. The molecule has 0 spiro atoms. The number of aryl methyl sites for hydroxylation is 6. The van der Waals surface area contributed by atoms with Crippen LogP contribution in [0, 0.1) is 88.9 Å². The van der Waals surface area contributed by atoms with Crippen LogP contribution in [-0.2, 0) is 32.5 Å². The molecule has 3 saturated heterocycles. The minimum Gasteiger partial charge on any atom is -0.322 e. The van der Waals surface area contributed by atoms with Gasteiger partial charge in [0.25, 0.3) is 17.7 Å². The van der Waals surface area contributed by atoms with Crippen LogP contribution < -0.4 is 16.0 Å². The van der Waals surface area contributed by atoms with E-state index in [9.17, 15) is 14.4 Å². The largest absolute Gasteiger partial charge is 0.322 e. The van der Waals surface area contributed by atoms with Crippen LogP contribution in [0.3, 0.4) is 0 Å². The average molecular weight is 1550 g/mol. The molecule has 3 aromatic carbocycles. The summed E-state index contributed by atoms with van der Waals surface area (Å²) in [5.74, 6) is 19.6. The van der Waals surface area contributed by atoms with Gasteiger partial charge in [0.15, 0.2) is 16.9 Å². The van der Waals surface area contributed by atoms with E-state index in [1.807, 2.05) is 87.5 Å². The second kappa shape index (κ2) is 37.0. The lowest BCUT2D eigenvalue weighted by Gasteiger charge is -2.32. The number of imidazole rings is 3. The molecule has 24 nitrogen and oxygen atoms in total. The SMILES string of the molecule is Cc1cc(NC(=O)c2cnc(C)c(C#Cc3cnc4ccc(CC(C)C)nn34)c2)ccc1CN1CCN(C)CC1.Cc1cc(NC(=O)c2cnc(C)c(C#Cc3cnc4ccc(CC5CC5)nn34)c2)ccc1CN1CCN(C)CC1.Cc1cc(NC(=O)c2cnc(C)c(C#Cc3cnc4cccnn34)c2)ccc1CN1CCN(C)CC1. The van der Waals surface area contributed by atoms with Crippen molar-refractivity contribution in [3.63, 3.8) is 0 Å². The van der Waals surface area contributed by atoms with Crippen molar-refractivity contribution < 1.29 is 14.4 Å². The number of benzene rings is 3. The van der Waals surface area contributed by atoms with Crippen molar-refractivity contribution in [2.45, 2.75) is 101 Å². The summed E-state index contributed by atoms with van der Waals surface area (Å²) in [5, 5.41) is 22.8. The number of aromatic nitrogens is 12. The molecule has 4 aliphatic rings. The number of pyridine rings is 3. The molecule has 9 aromatic heterocycles. The fourth-order valence-corrected chi connectivity index (χ4v) is 14.1. The number of carbonyl (C=O) groups is 3. The maximum Gasteiger partial charge on any atom is 0.257 e.